The van der Waals surface area contributed by atoms with Crippen LogP contribution in [0.2, 0.25) is 0 Å². The molecule has 0 bridgehead atoms. The first kappa shape index (κ1) is 9.67. The summed E-state index contributed by atoms with van der Waals surface area (Å²) in [5.74, 6) is -2.36. The Morgan fingerprint density at radius 1 is 1.42 bits per heavy atom. The van der Waals surface area contributed by atoms with Gasteiger partial charge in [0.2, 0.25) is 0 Å². The fourth-order valence-corrected chi connectivity index (χ4v) is 2.07. The Morgan fingerprint density at radius 2 is 2.00 bits per heavy atom. The summed E-state index contributed by atoms with van der Waals surface area (Å²) >= 11 is 5.92. The number of carbonyl (C=O) groups is 1. The smallest absolute Gasteiger partial charge is 0.134 e. The van der Waals surface area contributed by atoms with Crippen molar-refractivity contribution in [1.29, 1.82) is 0 Å². The van der Waals surface area contributed by atoms with Gasteiger partial charge in [0.05, 0.1) is 5.97 Å². The average molecular weight is 297 g/mol. The van der Waals surface area contributed by atoms with E-state index in [0.717, 1.165) is 6.07 Å². The number of benzene rings is 1. The highest BCUT2D eigenvalue weighted by Gasteiger charge is 2.08. The molecule has 1 aromatic rings. The molecular formula is C7H2Br2FO2-. The van der Waals surface area contributed by atoms with Crippen LogP contribution >= 0.6 is 31.9 Å². The molecule has 0 atom stereocenters. The summed E-state index contributed by atoms with van der Waals surface area (Å²) in [6, 6.07) is 2.50. The van der Waals surface area contributed by atoms with Gasteiger partial charge in [0.25, 0.3) is 0 Å². The van der Waals surface area contributed by atoms with Crippen molar-refractivity contribution in [3.05, 3.63) is 32.5 Å². The van der Waals surface area contributed by atoms with Gasteiger partial charge in [-0.15, -0.1) is 0 Å². The van der Waals surface area contributed by atoms with E-state index >= 15 is 0 Å². The van der Waals surface area contributed by atoms with Crippen molar-refractivity contribution >= 4 is 37.8 Å². The van der Waals surface area contributed by atoms with Gasteiger partial charge < -0.3 is 9.90 Å². The zero-order valence-electron chi connectivity index (χ0n) is 5.61. The average Bonchev–Trinajstić information content (AvgIpc) is 1.82. The first-order chi connectivity index (χ1) is 5.52. The third-order valence-electron chi connectivity index (χ3n) is 1.21. The molecule has 5 heteroatoms. The summed E-state index contributed by atoms with van der Waals surface area (Å²) in [5, 5.41) is 10.4. The SMILES string of the molecule is O=C([O-])c1c(F)cc(Br)cc1Br. The molecule has 0 aliphatic carbocycles. The molecule has 0 saturated carbocycles. The molecule has 0 aliphatic rings. The van der Waals surface area contributed by atoms with Crippen LogP contribution in [-0.4, -0.2) is 5.97 Å². The second-order valence-corrected chi connectivity index (χ2v) is 3.80. The zero-order chi connectivity index (χ0) is 9.30. The summed E-state index contributed by atoms with van der Waals surface area (Å²) in [7, 11) is 0. The van der Waals surface area contributed by atoms with Crippen LogP contribution in [0.5, 0.6) is 0 Å². The third kappa shape index (κ3) is 1.84. The van der Waals surface area contributed by atoms with Crippen molar-refractivity contribution in [2.45, 2.75) is 0 Å². The molecule has 12 heavy (non-hydrogen) atoms. The maximum atomic E-state index is 12.9. The minimum atomic E-state index is -1.54. The van der Waals surface area contributed by atoms with Gasteiger partial charge in [-0.1, -0.05) is 15.9 Å². The van der Waals surface area contributed by atoms with Crippen LogP contribution in [0.25, 0.3) is 0 Å². The molecule has 1 aromatic carbocycles. The second-order valence-electron chi connectivity index (χ2n) is 2.03. The predicted octanol–water partition coefficient (Wildman–Crippen LogP) is 1.71. The molecule has 0 amide bonds. The van der Waals surface area contributed by atoms with Gasteiger partial charge in [0.1, 0.15) is 5.82 Å². The van der Waals surface area contributed by atoms with Crippen molar-refractivity contribution in [1.82, 2.24) is 0 Å². The molecule has 2 nitrogen and oxygen atoms in total. The molecule has 0 heterocycles. The lowest BCUT2D eigenvalue weighted by atomic mass is 10.2. The Balaban J connectivity index is 3.38. The van der Waals surface area contributed by atoms with E-state index in [0.29, 0.717) is 4.47 Å². The number of hydrogen-bond donors (Lipinski definition) is 0. The van der Waals surface area contributed by atoms with Crippen LogP contribution in [0.4, 0.5) is 4.39 Å². The summed E-state index contributed by atoms with van der Waals surface area (Å²) in [4.78, 5) is 10.4. The lowest BCUT2D eigenvalue weighted by molar-refractivity contribution is -0.255. The van der Waals surface area contributed by atoms with Crippen molar-refractivity contribution in [3.8, 4) is 0 Å². The van der Waals surface area contributed by atoms with E-state index < -0.39 is 17.3 Å². The van der Waals surface area contributed by atoms with E-state index in [1.165, 1.54) is 6.07 Å². The van der Waals surface area contributed by atoms with E-state index in [1.54, 1.807) is 0 Å². The number of carboxylic acid groups (broad SMARTS) is 1. The highest BCUT2D eigenvalue weighted by atomic mass is 79.9. The second kappa shape index (κ2) is 3.53. The molecule has 1 rings (SSSR count). The molecule has 0 unspecified atom stereocenters. The van der Waals surface area contributed by atoms with Gasteiger partial charge >= 0.3 is 0 Å². The van der Waals surface area contributed by atoms with Crippen LogP contribution in [0, 0.1) is 5.82 Å². The lowest BCUT2D eigenvalue weighted by Gasteiger charge is -2.06. The van der Waals surface area contributed by atoms with Gasteiger partial charge in [-0.2, -0.15) is 0 Å². The highest BCUT2D eigenvalue weighted by Crippen LogP contribution is 2.24. The Bertz CT molecular complexity index is 315. The molecule has 0 aromatic heterocycles. The van der Waals surface area contributed by atoms with Crippen molar-refractivity contribution < 1.29 is 14.3 Å². The summed E-state index contributed by atoms with van der Waals surface area (Å²) < 4.78 is 13.5. The maximum Gasteiger partial charge on any atom is 0.134 e. The molecular weight excluding hydrogens is 295 g/mol. The molecule has 0 fully saturated rings. The number of carboxylic acids is 1. The highest BCUT2D eigenvalue weighted by molar-refractivity contribution is 9.11. The van der Waals surface area contributed by atoms with E-state index in [1.807, 2.05) is 0 Å². The molecule has 0 radical (unpaired) electrons. The Morgan fingerprint density at radius 3 is 2.42 bits per heavy atom. The predicted molar refractivity (Wildman–Crippen MR) is 46.1 cm³/mol. The molecule has 0 N–H and O–H groups in total. The van der Waals surface area contributed by atoms with Crippen LogP contribution in [0.15, 0.2) is 21.1 Å². The lowest BCUT2D eigenvalue weighted by Crippen LogP contribution is -2.24. The maximum absolute atomic E-state index is 12.9. The Hall–Kier alpha value is -0.420. The van der Waals surface area contributed by atoms with E-state index in [-0.39, 0.29) is 4.47 Å². The minimum Gasteiger partial charge on any atom is -0.545 e. The summed E-state index contributed by atoms with van der Waals surface area (Å²) in [5.41, 5.74) is -0.460. The largest absolute Gasteiger partial charge is 0.545 e. The quantitative estimate of drug-likeness (QED) is 0.792. The van der Waals surface area contributed by atoms with Gasteiger partial charge in [-0.3, -0.25) is 0 Å². The standard InChI is InChI=1S/C7H3Br2FO2/c8-3-1-4(9)6(7(11)12)5(10)2-3/h1-2H,(H,11,12)/p-1. The number of halogens is 3. The number of carbonyl (C=O) groups excluding carboxylic acids is 1. The fourth-order valence-electron chi connectivity index (χ4n) is 0.737. The Labute approximate surface area is 84.7 Å². The third-order valence-corrected chi connectivity index (χ3v) is 2.29. The van der Waals surface area contributed by atoms with Gasteiger partial charge in [-0.25, -0.2) is 4.39 Å². The Kier molecular flexibility index (Phi) is 2.85. The van der Waals surface area contributed by atoms with E-state index in [9.17, 15) is 14.3 Å². The molecule has 64 valence electrons. The number of hydrogen-bond acceptors (Lipinski definition) is 2. The van der Waals surface area contributed by atoms with Crippen molar-refractivity contribution in [2.75, 3.05) is 0 Å². The minimum absolute atomic E-state index is 0.161. The van der Waals surface area contributed by atoms with Gasteiger partial charge in [0, 0.05) is 14.5 Å². The molecule has 0 spiro atoms. The monoisotopic (exact) mass is 295 g/mol. The van der Waals surface area contributed by atoms with Crippen LogP contribution < -0.4 is 5.11 Å². The number of aromatic carboxylic acids is 1. The van der Waals surface area contributed by atoms with E-state index in [2.05, 4.69) is 31.9 Å². The summed E-state index contributed by atoms with van der Waals surface area (Å²) in [6.07, 6.45) is 0. The fraction of sp³-hybridized carbons (Fsp3) is 0. The van der Waals surface area contributed by atoms with Crippen LogP contribution in [0.1, 0.15) is 10.4 Å². The van der Waals surface area contributed by atoms with Crippen LogP contribution in [0.3, 0.4) is 0 Å². The molecule has 0 saturated heterocycles. The van der Waals surface area contributed by atoms with Crippen molar-refractivity contribution in [3.63, 3.8) is 0 Å². The number of rotatable bonds is 1. The topological polar surface area (TPSA) is 40.1 Å². The van der Waals surface area contributed by atoms with Crippen LogP contribution in [-0.2, 0) is 0 Å². The summed E-state index contributed by atoms with van der Waals surface area (Å²) in [6.45, 7) is 0. The van der Waals surface area contributed by atoms with E-state index in [4.69, 9.17) is 0 Å². The van der Waals surface area contributed by atoms with Gasteiger partial charge in [-0.05, 0) is 28.1 Å². The molecule has 0 aliphatic heterocycles. The van der Waals surface area contributed by atoms with Gasteiger partial charge in [0.15, 0.2) is 0 Å². The first-order valence-electron chi connectivity index (χ1n) is 2.88. The zero-order valence-corrected chi connectivity index (χ0v) is 8.78. The first-order valence-corrected chi connectivity index (χ1v) is 4.47. The normalized spacial score (nSPS) is 9.92. The van der Waals surface area contributed by atoms with Crippen molar-refractivity contribution in [2.24, 2.45) is 0 Å².